The molecular weight excluding hydrogens is 238 g/mol. The zero-order valence-electron chi connectivity index (χ0n) is 10.4. The summed E-state index contributed by atoms with van der Waals surface area (Å²) >= 11 is 0. The molecule has 1 saturated carbocycles. The maximum Gasteiger partial charge on any atom is 0.326 e. The molecule has 7 heteroatoms. The number of hydrogen-bond acceptors (Lipinski definition) is 3. The summed E-state index contributed by atoms with van der Waals surface area (Å²) in [6, 6.07) is -1.72. The summed E-state index contributed by atoms with van der Waals surface area (Å²) in [7, 11) is 0. The second kappa shape index (κ2) is 6.23. The lowest BCUT2D eigenvalue weighted by molar-refractivity contribution is -0.140. The standard InChI is InChI=1S/C11H19N3O4/c1-2-14(6-7-3-4-7)11(18)13-8(10(16)17)5-9(12)15/h7-8H,2-6H2,1H3,(H2,12,15)(H,13,18)(H,16,17)/t8-/m0/s1. The van der Waals surface area contributed by atoms with E-state index in [9.17, 15) is 14.4 Å². The Bertz CT molecular complexity index is 341. The van der Waals surface area contributed by atoms with Gasteiger partial charge < -0.3 is 21.1 Å². The Hall–Kier alpha value is -1.79. The van der Waals surface area contributed by atoms with Gasteiger partial charge in [0.25, 0.3) is 0 Å². The number of carboxylic acid groups (broad SMARTS) is 1. The van der Waals surface area contributed by atoms with Crippen LogP contribution in [0.3, 0.4) is 0 Å². The van der Waals surface area contributed by atoms with Crippen molar-refractivity contribution in [3.8, 4) is 0 Å². The first-order chi connectivity index (χ1) is 8.43. The molecule has 1 fully saturated rings. The fourth-order valence-electron chi connectivity index (χ4n) is 1.61. The van der Waals surface area contributed by atoms with Crippen LogP contribution >= 0.6 is 0 Å². The van der Waals surface area contributed by atoms with E-state index in [1.807, 2.05) is 6.92 Å². The molecule has 3 amide bonds. The molecule has 0 aromatic carbocycles. The Morgan fingerprint density at radius 1 is 1.44 bits per heavy atom. The number of carbonyl (C=O) groups is 3. The van der Waals surface area contributed by atoms with Crippen molar-refractivity contribution in [2.75, 3.05) is 13.1 Å². The van der Waals surface area contributed by atoms with Crippen LogP contribution < -0.4 is 11.1 Å². The van der Waals surface area contributed by atoms with Gasteiger partial charge in [0.1, 0.15) is 6.04 Å². The molecule has 0 saturated heterocycles. The van der Waals surface area contributed by atoms with Gasteiger partial charge in [-0.1, -0.05) is 0 Å². The first kappa shape index (κ1) is 14.3. The molecule has 0 bridgehead atoms. The highest BCUT2D eigenvalue weighted by molar-refractivity contribution is 5.87. The fraction of sp³-hybridized carbons (Fsp3) is 0.727. The first-order valence-electron chi connectivity index (χ1n) is 6.00. The third kappa shape index (κ3) is 4.60. The number of amides is 3. The molecule has 0 radical (unpaired) electrons. The van der Waals surface area contributed by atoms with Crippen LogP contribution in [0, 0.1) is 5.92 Å². The summed E-state index contributed by atoms with van der Waals surface area (Å²) in [4.78, 5) is 35.0. The minimum absolute atomic E-state index is 0.401. The molecule has 102 valence electrons. The molecule has 1 aliphatic carbocycles. The largest absolute Gasteiger partial charge is 0.480 e. The molecule has 0 aliphatic heterocycles. The summed E-state index contributed by atoms with van der Waals surface area (Å²) in [6.07, 6.45) is 1.81. The van der Waals surface area contributed by atoms with Gasteiger partial charge in [-0.25, -0.2) is 9.59 Å². The maximum atomic E-state index is 11.8. The van der Waals surface area contributed by atoms with Crippen LogP contribution in [-0.2, 0) is 9.59 Å². The van der Waals surface area contributed by atoms with Crippen LogP contribution in [-0.4, -0.2) is 47.0 Å². The normalized spacial score (nSPS) is 15.8. The summed E-state index contributed by atoms with van der Waals surface area (Å²) in [5, 5.41) is 11.2. The van der Waals surface area contributed by atoms with Crippen LogP contribution in [0.15, 0.2) is 0 Å². The molecular formula is C11H19N3O4. The van der Waals surface area contributed by atoms with Gasteiger partial charge in [0.2, 0.25) is 5.91 Å². The van der Waals surface area contributed by atoms with Gasteiger partial charge in [-0.2, -0.15) is 0 Å². The van der Waals surface area contributed by atoms with Crippen molar-refractivity contribution in [2.45, 2.75) is 32.2 Å². The highest BCUT2D eigenvalue weighted by Crippen LogP contribution is 2.29. The number of nitrogens with one attached hydrogen (secondary N) is 1. The van der Waals surface area contributed by atoms with E-state index in [0.29, 0.717) is 19.0 Å². The maximum absolute atomic E-state index is 11.8. The molecule has 4 N–H and O–H groups in total. The molecule has 1 atom stereocenters. The van der Waals surface area contributed by atoms with Crippen LogP contribution in [0.25, 0.3) is 0 Å². The van der Waals surface area contributed by atoms with E-state index < -0.39 is 30.4 Å². The third-order valence-corrected chi connectivity index (χ3v) is 2.85. The minimum Gasteiger partial charge on any atom is -0.480 e. The van der Waals surface area contributed by atoms with E-state index in [2.05, 4.69) is 5.32 Å². The number of nitrogens with two attached hydrogens (primary N) is 1. The second-order valence-electron chi connectivity index (χ2n) is 4.49. The van der Waals surface area contributed by atoms with Crippen molar-refractivity contribution in [3.63, 3.8) is 0 Å². The molecule has 0 aromatic heterocycles. The number of aliphatic carboxylic acids is 1. The number of nitrogens with zero attached hydrogens (tertiary/aromatic N) is 1. The smallest absolute Gasteiger partial charge is 0.326 e. The average molecular weight is 257 g/mol. The fourth-order valence-corrected chi connectivity index (χ4v) is 1.61. The Morgan fingerprint density at radius 3 is 2.44 bits per heavy atom. The van der Waals surface area contributed by atoms with Crippen molar-refractivity contribution in [2.24, 2.45) is 11.7 Å². The molecule has 0 heterocycles. The summed E-state index contributed by atoms with van der Waals surface area (Å²) in [6.45, 7) is 2.96. The quantitative estimate of drug-likeness (QED) is 0.584. The number of carboxylic acids is 1. The van der Waals surface area contributed by atoms with Gasteiger partial charge in [0, 0.05) is 13.1 Å². The van der Waals surface area contributed by atoms with E-state index in [-0.39, 0.29) is 0 Å². The van der Waals surface area contributed by atoms with Crippen molar-refractivity contribution >= 4 is 17.9 Å². The van der Waals surface area contributed by atoms with E-state index >= 15 is 0 Å². The number of urea groups is 1. The van der Waals surface area contributed by atoms with Gasteiger partial charge in [-0.05, 0) is 25.7 Å². The lowest BCUT2D eigenvalue weighted by Crippen LogP contribution is -2.49. The predicted octanol–water partition coefficient (Wildman–Crippen LogP) is -0.243. The van der Waals surface area contributed by atoms with Crippen LogP contribution in [0.2, 0.25) is 0 Å². The monoisotopic (exact) mass is 257 g/mol. The van der Waals surface area contributed by atoms with E-state index in [0.717, 1.165) is 12.8 Å². The number of primary amides is 1. The Kier molecular flexibility index (Phi) is 4.94. The highest BCUT2D eigenvalue weighted by Gasteiger charge is 2.28. The highest BCUT2D eigenvalue weighted by atomic mass is 16.4. The Labute approximate surface area is 105 Å². The zero-order valence-corrected chi connectivity index (χ0v) is 10.4. The van der Waals surface area contributed by atoms with Gasteiger partial charge in [-0.3, -0.25) is 4.79 Å². The third-order valence-electron chi connectivity index (χ3n) is 2.85. The number of carbonyl (C=O) groups excluding carboxylic acids is 2. The molecule has 0 aromatic rings. The van der Waals surface area contributed by atoms with Gasteiger partial charge >= 0.3 is 12.0 Å². The lowest BCUT2D eigenvalue weighted by Gasteiger charge is -2.23. The Morgan fingerprint density at radius 2 is 2.06 bits per heavy atom. The van der Waals surface area contributed by atoms with Crippen molar-refractivity contribution in [3.05, 3.63) is 0 Å². The first-order valence-corrected chi connectivity index (χ1v) is 6.00. The van der Waals surface area contributed by atoms with E-state index in [1.54, 1.807) is 4.90 Å². The van der Waals surface area contributed by atoms with Crippen LogP contribution in [0.5, 0.6) is 0 Å². The van der Waals surface area contributed by atoms with Gasteiger partial charge in [0.05, 0.1) is 6.42 Å². The van der Waals surface area contributed by atoms with E-state index in [1.165, 1.54) is 0 Å². The SMILES string of the molecule is CCN(CC1CC1)C(=O)N[C@@H](CC(N)=O)C(=O)O. The van der Waals surface area contributed by atoms with Crippen LogP contribution in [0.4, 0.5) is 4.79 Å². The van der Waals surface area contributed by atoms with Crippen molar-refractivity contribution < 1.29 is 19.5 Å². The predicted molar refractivity (Wildman–Crippen MR) is 63.7 cm³/mol. The second-order valence-corrected chi connectivity index (χ2v) is 4.49. The molecule has 1 aliphatic rings. The van der Waals surface area contributed by atoms with Gasteiger partial charge in [0.15, 0.2) is 0 Å². The van der Waals surface area contributed by atoms with E-state index in [4.69, 9.17) is 10.8 Å². The Balaban J connectivity index is 2.51. The molecule has 18 heavy (non-hydrogen) atoms. The topological polar surface area (TPSA) is 113 Å². The lowest BCUT2D eigenvalue weighted by atomic mass is 10.2. The molecule has 7 nitrogen and oxygen atoms in total. The van der Waals surface area contributed by atoms with Gasteiger partial charge in [-0.15, -0.1) is 0 Å². The van der Waals surface area contributed by atoms with Crippen LogP contribution in [0.1, 0.15) is 26.2 Å². The number of rotatable bonds is 7. The molecule has 1 rings (SSSR count). The number of hydrogen-bond donors (Lipinski definition) is 3. The van der Waals surface area contributed by atoms with Crippen molar-refractivity contribution in [1.82, 2.24) is 10.2 Å². The average Bonchev–Trinajstić information content (AvgIpc) is 3.07. The summed E-state index contributed by atoms with van der Waals surface area (Å²) < 4.78 is 0. The van der Waals surface area contributed by atoms with Crippen molar-refractivity contribution in [1.29, 1.82) is 0 Å². The summed E-state index contributed by atoms with van der Waals surface area (Å²) in [5.41, 5.74) is 4.94. The molecule has 0 spiro atoms. The molecule has 0 unspecified atom stereocenters. The minimum atomic E-state index is -1.26. The summed E-state index contributed by atoms with van der Waals surface area (Å²) in [5.74, 6) is -1.49. The zero-order chi connectivity index (χ0) is 13.7.